The average Bonchev–Trinajstić information content (AvgIpc) is 2.43. The maximum absolute atomic E-state index is 12.2. The van der Waals surface area contributed by atoms with E-state index in [1.54, 1.807) is 4.90 Å². The van der Waals surface area contributed by atoms with Crippen LogP contribution < -0.4 is 5.32 Å². The molecule has 20 heavy (non-hydrogen) atoms. The van der Waals surface area contributed by atoms with Crippen LogP contribution in [-0.4, -0.2) is 35.1 Å². The fourth-order valence-electron chi connectivity index (χ4n) is 2.17. The van der Waals surface area contributed by atoms with Gasteiger partial charge in [0.1, 0.15) is 0 Å². The first-order valence-electron chi connectivity index (χ1n) is 6.22. The Morgan fingerprint density at radius 2 is 1.95 bits per heavy atom. The van der Waals surface area contributed by atoms with Crippen LogP contribution in [-0.2, 0) is 4.79 Å². The molecular weight excluding hydrogens is 392 g/mol. The van der Waals surface area contributed by atoms with Crippen LogP contribution >= 0.6 is 31.9 Å². The van der Waals surface area contributed by atoms with Gasteiger partial charge in [0, 0.05) is 22.0 Å². The second-order valence-electron chi connectivity index (χ2n) is 4.65. The van der Waals surface area contributed by atoms with Crippen LogP contribution in [0.15, 0.2) is 27.1 Å². The lowest BCUT2D eigenvalue weighted by Gasteiger charge is -2.31. The fourth-order valence-corrected chi connectivity index (χ4v) is 3.36. The number of piperidine rings is 1. The summed E-state index contributed by atoms with van der Waals surface area (Å²) < 4.78 is 1.54. The first-order chi connectivity index (χ1) is 9.49. The summed E-state index contributed by atoms with van der Waals surface area (Å²) in [5.41, 5.74) is 0.648. The summed E-state index contributed by atoms with van der Waals surface area (Å²) in [7, 11) is 0. The Hall–Kier alpha value is -1.08. The molecule has 1 saturated heterocycles. The summed E-state index contributed by atoms with van der Waals surface area (Å²) in [6.45, 7) is 0.834. The lowest BCUT2D eigenvalue weighted by Crippen LogP contribution is -2.44. The molecule has 0 aromatic heterocycles. The van der Waals surface area contributed by atoms with E-state index in [0.29, 0.717) is 25.1 Å². The highest BCUT2D eigenvalue weighted by Crippen LogP contribution is 2.31. The van der Waals surface area contributed by atoms with Gasteiger partial charge in [-0.2, -0.15) is 0 Å². The summed E-state index contributed by atoms with van der Waals surface area (Å²) in [5.74, 6) is -1.32. The number of anilines is 1. The van der Waals surface area contributed by atoms with Crippen molar-refractivity contribution in [3.05, 3.63) is 27.1 Å². The largest absolute Gasteiger partial charge is 0.481 e. The molecule has 1 aromatic rings. The van der Waals surface area contributed by atoms with E-state index >= 15 is 0 Å². The van der Waals surface area contributed by atoms with Crippen LogP contribution in [0.5, 0.6) is 0 Å². The van der Waals surface area contributed by atoms with Crippen molar-refractivity contribution in [2.45, 2.75) is 12.8 Å². The van der Waals surface area contributed by atoms with Crippen molar-refractivity contribution in [3.8, 4) is 0 Å². The normalized spacial score (nSPS) is 18.7. The summed E-state index contributed by atoms with van der Waals surface area (Å²) in [6.07, 6.45) is 1.33. The third kappa shape index (κ3) is 3.52. The minimum atomic E-state index is -0.843. The molecule has 2 amide bonds. The number of likely N-dealkylation sites (tertiary alicyclic amines) is 1. The summed E-state index contributed by atoms with van der Waals surface area (Å²) in [5, 5.41) is 11.9. The molecule has 1 fully saturated rings. The fraction of sp³-hybridized carbons (Fsp3) is 0.385. The standard InChI is InChI=1S/C13H14Br2N2O3/c14-9-4-1-5-10(15)11(9)16-13(20)17-6-2-3-8(7-17)12(18)19/h1,4-5,8H,2-3,6-7H2,(H,16,20)(H,18,19). The zero-order valence-electron chi connectivity index (χ0n) is 10.6. The molecule has 1 aliphatic heterocycles. The molecule has 1 unspecified atom stereocenters. The maximum atomic E-state index is 12.2. The molecule has 108 valence electrons. The monoisotopic (exact) mass is 404 g/mol. The topological polar surface area (TPSA) is 69.6 Å². The lowest BCUT2D eigenvalue weighted by atomic mass is 9.99. The Balaban J connectivity index is 2.06. The van der Waals surface area contributed by atoms with E-state index < -0.39 is 11.9 Å². The van der Waals surface area contributed by atoms with E-state index in [0.717, 1.165) is 8.95 Å². The Bertz CT molecular complexity index is 516. The van der Waals surface area contributed by atoms with Gasteiger partial charge in [0.2, 0.25) is 0 Å². The number of carboxylic acids is 1. The summed E-state index contributed by atoms with van der Waals surface area (Å²) in [6, 6.07) is 5.24. The number of nitrogens with zero attached hydrogens (tertiary/aromatic N) is 1. The van der Waals surface area contributed by atoms with Crippen molar-refractivity contribution in [3.63, 3.8) is 0 Å². The molecule has 0 saturated carbocycles. The Labute approximate surface area is 133 Å². The molecule has 2 N–H and O–H groups in total. The van der Waals surface area contributed by atoms with Gasteiger partial charge in [-0.3, -0.25) is 4.79 Å². The maximum Gasteiger partial charge on any atom is 0.321 e. The molecule has 0 aliphatic carbocycles. The van der Waals surface area contributed by atoms with E-state index in [-0.39, 0.29) is 12.6 Å². The van der Waals surface area contributed by atoms with E-state index in [9.17, 15) is 9.59 Å². The van der Waals surface area contributed by atoms with Gasteiger partial charge in [-0.05, 0) is 56.8 Å². The number of hydrogen-bond donors (Lipinski definition) is 2. The van der Waals surface area contributed by atoms with Gasteiger partial charge in [0.05, 0.1) is 11.6 Å². The van der Waals surface area contributed by atoms with Crippen molar-refractivity contribution >= 4 is 49.5 Å². The van der Waals surface area contributed by atoms with E-state index in [1.165, 1.54) is 0 Å². The van der Waals surface area contributed by atoms with Crippen LogP contribution in [0.1, 0.15) is 12.8 Å². The zero-order valence-corrected chi connectivity index (χ0v) is 13.8. The molecule has 5 nitrogen and oxygen atoms in total. The summed E-state index contributed by atoms with van der Waals surface area (Å²) >= 11 is 6.75. The minimum Gasteiger partial charge on any atom is -0.481 e. The van der Waals surface area contributed by atoms with Crippen molar-refractivity contribution in [2.75, 3.05) is 18.4 Å². The number of carboxylic acid groups (broad SMARTS) is 1. The minimum absolute atomic E-state index is 0.253. The lowest BCUT2D eigenvalue weighted by molar-refractivity contribution is -0.143. The number of aliphatic carboxylic acids is 1. The van der Waals surface area contributed by atoms with Crippen molar-refractivity contribution in [2.24, 2.45) is 5.92 Å². The highest BCUT2D eigenvalue weighted by Gasteiger charge is 2.28. The number of halogens is 2. The van der Waals surface area contributed by atoms with Gasteiger partial charge in [-0.15, -0.1) is 0 Å². The molecule has 1 atom stereocenters. The Kier molecular flexibility index (Phi) is 5.04. The van der Waals surface area contributed by atoms with E-state index in [4.69, 9.17) is 5.11 Å². The number of carbonyl (C=O) groups is 2. The number of urea groups is 1. The highest BCUT2D eigenvalue weighted by atomic mass is 79.9. The van der Waals surface area contributed by atoms with Crippen LogP contribution in [0.2, 0.25) is 0 Å². The average molecular weight is 406 g/mol. The van der Waals surface area contributed by atoms with Crippen LogP contribution in [0, 0.1) is 5.92 Å². The smallest absolute Gasteiger partial charge is 0.321 e. The van der Waals surface area contributed by atoms with Crippen molar-refractivity contribution in [1.29, 1.82) is 0 Å². The number of amides is 2. The summed E-state index contributed by atoms with van der Waals surface area (Å²) in [4.78, 5) is 24.8. The quantitative estimate of drug-likeness (QED) is 0.790. The number of hydrogen-bond acceptors (Lipinski definition) is 2. The van der Waals surface area contributed by atoms with Gasteiger partial charge < -0.3 is 15.3 Å². The molecule has 2 rings (SSSR count). The van der Waals surface area contributed by atoms with Crippen LogP contribution in [0.3, 0.4) is 0 Å². The van der Waals surface area contributed by atoms with Gasteiger partial charge >= 0.3 is 12.0 Å². The molecule has 0 bridgehead atoms. The first-order valence-corrected chi connectivity index (χ1v) is 7.80. The van der Waals surface area contributed by atoms with Crippen molar-refractivity contribution < 1.29 is 14.7 Å². The SMILES string of the molecule is O=C(O)C1CCCN(C(=O)Nc2c(Br)cccc2Br)C1. The molecule has 0 spiro atoms. The molecule has 1 aromatic carbocycles. The molecular formula is C13H14Br2N2O3. The number of rotatable bonds is 2. The van der Waals surface area contributed by atoms with Gasteiger partial charge in [0.25, 0.3) is 0 Å². The number of carbonyl (C=O) groups excluding carboxylic acids is 1. The molecule has 1 aliphatic rings. The molecule has 7 heteroatoms. The van der Waals surface area contributed by atoms with Crippen LogP contribution in [0.25, 0.3) is 0 Å². The van der Waals surface area contributed by atoms with E-state index in [2.05, 4.69) is 37.2 Å². The third-order valence-corrected chi connectivity index (χ3v) is 4.57. The number of para-hydroxylation sites is 1. The van der Waals surface area contributed by atoms with Crippen molar-refractivity contribution in [1.82, 2.24) is 4.90 Å². The Morgan fingerprint density at radius 1 is 1.30 bits per heavy atom. The zero-order chi connectivity index (χ0) is 14.7. The third-order valence-electron chi connectivity index (χ3n) is 3.25. The van der Waals surface area contributed by atoms with Gasteiger partial charge in [0.15, 0.2) is 0 Å². The van der Waals surface area contributed by atoms with Gasteiger partial charge in [-0.1, -0.05) is 6.07 Å². The first kappa shape index (κ1) is 15.3. The number of benzene rings is 1. The van der Waals surface area contributed by atoms with E-state index in [1.807, 2.05) is 18.2 Å². The molecule has 0 radical (unpaired) electrons. The Morgan fingerprint density at radius 3 is 2.55 bits per heavy atom. The highest BCUT2D eigenvalue weighted by molar-refractivity contribution is 9.11. The predicted octanol–water partition coefficient (Wildman–Crippen LogP) is 3.54. The number of nitrogens with one attached hydrogen (secondary N) is 1. The molecule has 1 heterocycles. The van der Waals surface area contributed by atoms with Gasteiger partial charge in [-0.25, -0.2) is 4.79 Å². The second kappa shape index (κ2) is 6.58. The predicted molar refractivity (Wildman–Crippen MR) is 82.8 cm³/mol. The second-order valence-corrected chi connectivity index (χ2v) is 6.36. The van der Waals surface area contributed by atoms with Crippen LogP contribution in [0.4, 0.5) is 10.5 Å².